The molecule has 0 fully saturated rings. The Bertz CT molecular complexity index is 205. The molecule has 4 heteroatoms. The second kappa shape index (κ2) is 9.42. The van der Waals surface area contributed by atoms with Crippen LogP contribution in [0.15, 0.2) is 0 Å². The standard InChI is InChI=1S/C13H29N3O/c1-11(2)6-8-15-13(17)10-16(12(3)4)9-5-7-14/h11-12H,5-10,14H2,1-4H3,(H,15,17). The number of rotatable bonds is 9. The van der Waals surface area contributed by atoms with E-state index >= 15 is 0 Å². The van der Waals surface area contributed by atoms with Crippen LogP contribution in [0, 0.1) is 5.92 Å². The molecule has 0 saturated heterocycles. The van der Waals surface area contributed by atoms with Crippen molar-refractivity contribution < 1.29 is 4.79 Å². The van der Waals surface area contributed by atoms with Crippen molar-refractivity contribution in [3.8, 4) is 0 Å². The molecule has 0 aromatic heterocycles. The molecule has 0 aromatic rings. The van der Waals surface area contributed by atoms with Crippen molar-refractivity contribution in [2.45, 2.75) is 46.6 Å². The molecule has 0 aliphatic carbocycles. The Hall–Kier alpha value is -0.610. The zero-order valence-electron chi connectivity index (χ0n) is 11.8. The summed E-state index contributed by atoms with van der Waals surface area (Å²) < 4.78 is 0. The highest BCUT2D eigenvalue weighted by atomic mass is 16.2. The molecule has 102 valence electrons. The van der Waals surface area contributed by atoms with E-state index < -0.39 is 0 Å². The summed E-state index contributed by atoms with van der Waals surface area (Å²) >= 11 is 0. The van der Waals surface area contributed by atoms with Gasteiger partial charge in [-0.05, 0) is 39.2 Å². The summed E-state index contributed by atoms with van der Waals surface area (Å²) in [4.78, 5) is 13.9. The molecule has 0 rings (SSSR count). The van der Waals surface area contributed by atoms with Gasteiger partial charge in [0.1, 0.15) is 0 Å². The molecule has 0 heterocycles. The molecular formula is C13H29N3O. The van der Waals surface area contributed by atoms with Crippen molar-refractivity contribution >= 4 is 5.91 Å². The van der Waals surface area contributed by atoms with E-state index in [0.29, 0.717) is 25.0 Å². The van der Waals surface area contributed by atoms with Crippen molar-refractivity contribution in [1.29, 1.82) is 0 Å². The number of hydrogen-bond donors (Lipinski definition) is 2. The Kier molecular flexibility index (Phi) is 9.09. The van der Waals surface area contributed by atoms with Crippen LogP contribution in [0.25, 0.3) is 0 Å². The fourth-order valence-electron chi connectivity index (χ4n) is 1.55. The smallest absolute Gasteiger partial charge is 0.234 e. The lowest BCUT2D eigenvalue weighted by Crippen LogP contribution is -2.42. The molecule has 0 aliphatic rings. The molecular weight excluding hydrogens is 214 g/mol. The average Bonchev–Trinajstić information content (AvgIpc) is 2.23. The van der Waals surface area contributed by atoms with Gasteiger partial charge in [-0.15, -0.1) is 0 Å². The summed E-state index contributed by atoms with van der Waals surface area (Å²) in [6, 6.07) is 0.386. The predicted octanol–water partition coefficient (Wildman–Crippen LogP) is 1.21. The number of hydrogen-bond acceptors (Lipinski definition) is 3. The van der Waals surface area contributed by atoms with E-state index in [4.69, 9.17) is 5.73 Å². The van der Waals surface area contributed by atoms with Gasteiger partial charge in [0.05, 0.1) is 6.54 Å². The number of nitrogens with two attached hydrogens (primary N) is 1. The minimum atomic E-state index is 0.122. The van der Waals surface area contributed by atoms with E-state index in [1.165, 1.54) is 0 Å². The highest BCUT2D eigenvalue weighted by molar-refractivity contribution is 5.78. The lowest BCUT2D eigenvalue weighted by atomic mass is 10.1. The molecule has 0 atom stereocenters. The zero-order valence-corrected chi connectivity index (χ0v) is 11.8. The van der Waals surface area contributed by atoms with Crippen LogP contribution in [-0.4, -0.2) is 43.0 Å². The van der Waals surface area contributed by atoms with Crippen molar-refractivity contribution in [2.75, 3.05) is 26.2 Å². The van der Waals surface area contributed by atoms with Crippen LogP contribution in [0.4, 0.5) is 0 Å². The maximum atomic E-state index is 11.7. The summed E-state index contributed by atoms with van der Waals surface area (Å²) in [5.74, 6) is 0.755. The number of nitrogens with one attached hydrogen (secondary N) is 1. The van der Waals surface area contributed by atoms with Crippen molar-refractivity contribution in [3.63, 3.8) is 0 Å². The van der Waals surface area contributed by atoms with E-state index in [-0.39, 0.29) is 5.91 Å². The van der Waals surface area contributed by atoms with Crippen molar-refractivity contribution in [2.24, 2.45) is 11.7 Å². The maximum Gasteiger partial charge on any atom is 0.234 e. The van der Waals surface area contributed by atoms with Crippen molar-refractivity contribution in [3.05, 3.63) is 0 Å². The number of nitrogens with zero attached hydrogens (tertiary/aromatic N) is 1. The Morgan fingerprint density at radius 3 is 2.41 bits per heavy atom. The monoisotopic (exact) mass is 243 g/mol. The van der Waals surface area contributed by atoms with Crippen LogP contribution in [0.5, 0.6) is 0 Å². The number of amides is 1. The highest BCUT2D eigenvalue weighted by Gasteiger charge is 2.12. The van der Waals surface area contributed by atoms with Crippen LogP contribution in [0.3, 0.4) is 0 Å². The maximum absolute atomic E-state index is 11.7. The number of carbonyl (C=O) groups is 1. The first kappa shape index (κ1) is 16.4. The second-order valence-corrected chi connectivity index (χ2v) is 5.24. The predicted molar refractivity (Wildman–Crippen MR) is 72.8 cm³/mol. The third-order valence-electron chi connectivity index (χ3n) is 2.77. The van der Waals surface area contributed by atoms with Crippen LogP contribution in [-0.2, 0) is 4.79 Å². The number of carbonyl (C=O) groups excluding carboxylic acids is 1. The first-order valence-corrected chi connectivity index (χ1v) is 6.68. The third kappa shape index (κ3) is 9.12. The van der Waals surface area contributed by atoms with Gasteiger partial charge in [-0.1, -0.05) is 13.8 Å². The Morgan fingerprint density at radius 2 is 1.94 bits per heavy atom. The van der Waals surface area contributed by atoms with Gasteiger partial charge >= 0.3 is 0 Å². The van der Waals surface area contributed by atoms with Gasteiger partial charge in [-0.3, -0.25) is 9.69 Å². The molecule has 0 aliphatic heterocycles. The van der Waals surface area contributed by atoms with E-state index in [0.717, 1.165) is 25.9 Å². The highest BCUT2D eigenvalue weighted by Crippen LogP contribution is 2.00. The largest absolute Gasteiger partial charge is 0.355 e. The van der Waals surface area contributed by atoms with Gasteiger partial charge in [0, 0.05) is 19.1 Å². The molecule has 4 nitrogen and oxygen atoms in total. The van der Waals surface area contributed by atoms with Gasteiger partial charge in [-0.2, -0.15) is 0 Å². The van der Waals surface area contributed by atoms with E-state index in [1.807, 2.05) is 0 Å². The Balaban J connectivity index is 3.87. The van der Waals surface area contributed by atoms with Gasteiger partial charge in [-0.25, -0.2) is 0 Å². The minimum Gasteiger partial charge on any atom is -0.355 e. The molecule has 0 radical (unpaired) electrons. The normalized spacial score (nSPS) is 11.5. The zero-order chi connectivity index (χ0) is 13.3. The topological polar surface area (TPSA) is 58.4 Å². The van der Waals surface area contributed by atoms with Crippen LogP contribution in [0.1, 0.15) is 40.5 Å². The fraction of sp³-hybridized carbons (Fsp3) is 0.923. The summed E-state index contributed by atoms with van der Waals surface area (Å²) in [5.41, 5.74) is 5.49. The molecule has 0 bridgehead atoms. The minimum absolute atomic E-state index is 0.122. The first-order valence-electron chi connectivity index (χ1n) is 6.68. The first-order chi connectivity index (χ1) is 7.97. The molecule has 0 saturated carbocycles. The quantitative estimate of drug-likeness (QED) is 0.640. The van der Waals surface area contributed by atoms with Crippen LogP contribution >= 0.6 is 0 Å². The molecule has 0 unspecified atom stereocenters. The van der Waals surface area contributed by atoms with Gasteiger partial charge in [0.25, 0.3) is 0 Å². The van der Waals surface area contributed by atoms with Gasteiger partial charge in [0.2, 0.25) is 5.91 Å². The lowest BCUT2D eigenvalue weighted by Gasteiger charge is -2.25. The third-order valence-corrected chi connectivity index (χ3v) is 2.77. The van der Waals surface area contributed by atoms with E-state index in [2.05, 4.69) is 37.9 Å². The fourth-order valence-corrected chi connectivity index (χ4v) is 1.55. The Morgan fingerprint density at radius 1 is 1.29 bits per heavy atom. The second-order valence-electron chi connectivity index (χ2n) is 5.24. The molecule has 0 spiro atoms. The molecule has 3 N–H and O–H groups in total. The van der Waals surface area contributed by atoms with Gasteiger partial charge < -0.3 is 11.1 Å². The Labute approximate surface area is 106 Å². The average molecular weight is 243 g/mol. The van der Waals surface area contributed by atoms with E-state index in [1.54, 1.807) is 0 Å². The van der Waals surface area contributed by atoms with Gasteiger partial charge in [0.15, 0.2) is 0 Å². The summed E-state index contributed by atoms with van der Waals surface area (Å²) in [6.07, 6.45) is 1.98. The summed E-state index contributed by atoms with van der Waals surface area (Å²) in [5, 5.41) is 2.96. The van der Waals surface area contributed by atoms with E-state index in [9.17, 15) is 4.79 Å². The van der Waals surface area contributed by atoms with Crippen LogP contribution in [0.2, 0.25) is 0 Å². The lowest BCUT2D eigenvalue weighted by molar-refractivity contribution is -0.122. The summed E-state index contributed by atoms with van der Waals surface area (Å²) in [6.45, 7) is 11.4. The van der Waals surface area contributed by atoms with Crippen LogP contribution < -0.4 is 11.1 Å². The molecule has 17 heavy (non-hydrogen) atoms. The molecule has 1 amide bonds. The van der Waals surface area contributed by atoms with Crippen molar-refractivity contribution in [1.82, 2.24) is 10.2 Å². The summed E-state index contributed by atoms with van der Waals surface area (Å²) in [7, 11) is 0. The SMILES string of the molecule is CC(C)CCNC(=O)CN(CCCN)C(C)C. The molecule has 0 aromatic carbocycles.